The zero-order valence-electron chi connectivity index (χ0n) is 12.5. The van der Waals surface area contributed by atoms with Crippen LogP contribution in [-0.4, -0.2) is 5.11 Å². The Morgan fingerprint density at radius 3 is 1.80 bits per heavy atom. The molecule has 0 aliphatic rings. The van der Waals surface area contributed by atoms with E-state index in [9.17, 15) is 5.11 Å². The Bertz CT molecular complexity index is 410. The lowest BCUT2D eigenvalue weighted by Gasteiger charge is -2.03. The molecule has 0 aliphatic carbocycles. The summed E-state index contributed by atoms with van der Waals surface area (Å²) in [5.74, 6) is 0.447. The Kier molecular flexibility index (Phi) is 9.04. The molecule has 20 heavy (non-hydrogen) atoms. The maximum Gasteiger partial charge on any atom is 0.118 e. The minimum Gasteiger partial charge on any atom is -0.508 e. The van der Waals surface area contributed by atoms with E-state index in [1.54, 1.807) is 6.07 Å². The standard InChI is InChI=1S/C13H20O.C6H6/c1-2-3-4-5-6-9-12-10-7-8-11-13(12)14;1-2-4-6-5-3-1/h7-8,10-11,14H,2-6,9H2,1H3;1-6H. The van der Waals surface area contributed by atoms with E-state index in [1.807, 2.05) is 54.6 Å². The molecule has 0 aliphatic heterocycles. The van der Waals surface area contributed by atoms with Gasteiger partial charge in [0.15, 0.2) is 0 Å². The molecule has 2 rings (SSSR count). The Hall–Kier alpha value is -1.76. The van der Waals surface area contributed by atoms with Crippen molar-refractivity contribution in [1.82, 2.24) is 0 Å². The van der Waals surface area contributed by atoms with Crippen LogP contribution in [0.1, 0.15) is 44.6 Å². The second kappa shape index (κ2) is 11.1. The third-order valence-electron chi connectivity index (χ3n) is 3.21. The molecule has 1 N–H and O–H groups in total. The minimum atomic E-state index is 0.447. The molecule has 0 radical (unpaired) electrons. The number of hydrogen-bond donors (Lipinski definition) is 1. The molecule has 0 saturated heterocycles. The Balaban J connectivity index is 0.000000276. The molecule has 0 bridgehead atoms. The van der Waals surface area contributed by atoms with E-state index < -0.39 is 0 Å². The highest BCUT2D eigenvalue weighted by Gasteiger charge is 1.98. The summed E-state index contributed by atoms with van der Waals surface area (Å²) in [6.45, 7) is 2.23. The van der Waals surface area contributed by atoms with Crippen LogP contribution in [0.4, 0.5) is 0 Å². The molecular formula is C19H26O. The molecule has 0 heterocycles. The van der Waals surface area contributed by atoms with Crippen LogP contribution in [0, 0.1) is 0 Å². The van der Waals surface area contributed by atoms with Crippen molar-refractivity contribution >= 4 is 0 Å². The molecule has 108 valence electrons. The first kappa shape index (κ1) is 16.3. The molecule has 0 atom stereocenters. The number of benzene rings is 2. The number of aromatic hydroxyl groups is 1. The Morgan fingerprint density at radius 1 is 0.700 bits per heavy atom. The highest BCUT2D eigenvalue weighted by Crippen LogP contribution is 2.18. The fraction of sp³-hybridized carbons (Fsp3) is 0.368. The van der Waals surface area contributed by atoms with E-state index >= 15 is 0 Å². The first-order valence-corrected chi connectivity index (χ1v) is 7.61. The van der Waals surface area contributed by atoms with Gasteiger partial charge in [0.1, 0.15) is 5.75 Å². The SMILES string of the molecule is CCCCCCCc1ccccc1O.c1ccccc1. The summed E-state index contributed by atoms with van der Waals surface area (Å²) in [7, 11) is 0. The molecule has 0 aromatic heterocycles. The molecule has 0 spiro atoms. The van der Waals surface area contributed by atoms with E-state index in [0.717, 1.165) is 12.0 Å². The Morgan fingerprint density at radius 2 is 1.25 bits per heavy atom. The Labute approximate surface area is 123 Å². The summed E-state index contributed by atoms with van der Waals surface area (Å²) in [4.78, 5) is 0. The van der Waals surface area contributed by atoms with Gasteiger partial charge in [-0.05, 0) is 24.5 Å². The average molecular weight is 270 g/mol. The van der Waals surface area contributed by atoms with Crippen LogP contribution in [0.3, 0.4) is 0 Å². The predicted molar refractivity (Wildman–Crippen MR) is 87.0 cm³/mol. The monoisotopic (exact) mass is 270 g/mol. The minimum absolute atomic E-state index is 0.447. The van der Waals surface area contributed by atoms with Gasteiger partial charge >= 0.3 is 0 Å². The van der Waals surface area contributed by atoms with Gasteiger partial charge < -0.3 is 5.11 Å². The van der Waals surface area contributed by atoms with Gasteiger partial charge in [-0.25, -0.2) is 0 Å². The summed E-state index contributed by atoms with van der Waals surface area (Å²) in [5.41, 5.74) is 1.09. The van der Waals surface area contributed by atoms with Gasteiger partial charge in [0.2, 0.25) is 0 Å². The molecule has 0 unspecified atom stereocenters. The number of para-hydroxylation sites is 1. The van der Waals surface area contributed by atoms with Crippen LogP contribution in [0.2, 0.25) is 0 Å². The number of hydrogen-bond acceptors (Lipinski definition) is 1. The second-order valence-electron chi connectivity index (χ2n) is 4.95. The van der Waals surface area contributed by atoms with Crippen LogP contribution < -0.4 is 0 Å². The molecule has 0 saturated carbocycles. The summed E-state index contributed by atoms with van der Waals surface area (Å²) in [5, 5.41) is 9.51. The van der Waals surface area contributed by atoms with Crippen molar-refractivity contribution in [3.8, 4) is 5.75 Å². The fourth-order valence-electron chi connectivity index (χ4n) is 2.03. The first-order valence-electron chi connectivity index (χ1n) is 7.61. The second-order valence-corrected chi connectivity index (χ2v) is 4.95. The lowest BCUT2D eigenvalue weighted by molar-refractivity contribution is 0.466. The number of aryl methyl sites for hydroxylation is 1. The topological polar surface area (TPSA) is 20.2 Å². The number of unbranched alkanes of at least 4 members (excludes halogenated alkanes) is 4. The van der Waals surface area contributed by atoms with Crippen molar-refractivity contribution in [1.29, 1.82) is 0 Å². The maximum absolute atomic E-state index is 9.51. The van der Waals surface area contributed by atoms with E-state index in [2.05, 4.69) is 6.92 Å². The third-order valence-corrected chi connectivity index (χ3v) is 3.21. The van der Waals surface area contributed by atoms with Gasteiger partial charge in [-0.3, -0.25) is 0 Å². The largest absolute Gasteiger partial charge is 0.508 e. The highest BCUT2D eigenvalue weighted by molar-refractivity contribution is 5.31. The highest BCUT2D eigenvalue weighted by atomic mass is 16.3. The summed E-state index contributed by atoms with van der Waals surface area (Å²) in [6.07, 6.45) is 7.43. The molecule has 1 nitrogen and oxygen atoms in total. The van der Waals surface area contributed by atoms with Crippen LogP contribution >= 0.6 is 0 Å². The van der Waals surface area contributed by atoms with Crippen molar-refractivity contribution < 1.29 is 5.11 Å². The number of phenols is 1. The van der Waals surface area contributed by atoms with Gasteiger partial charge in [-0.15, -0.1) is 0 Å². The van der Waals surface area contributed by atoms with Crippen LogP contribution in [-0.2, 0) is 6.42 Å². The fourth-order valence-corrected chi connectivity index (χ4v) is 2.03. The zero-order chi connectivity index (χ0) is 14.5. The molecule has 0 fully saturated rings. The predicted octanol–water partition coefficient (Wildman–Crippen LogP) is 5.59. The quantitative estimate of drug-likeness (QED) is 0.678. The molecule has 2 aromatic rings. The number of rotatable bonds is 6. The lowest BCUT2D eigenvalue weighted by Crippen LogP contribution is -1.86. The summed E-state index contributed by atoms with van der Waals surface area (Å²) >= 11 is 0. The van der Waals surface area contributed by atoms with Crippen LogP contribution in [0.25, 0.3) is 0 Å². The third kappa shape index (κ3) is 7.63. The molecule has 0 amide bonds. The van der Waals surface area contributed by atoms with Crippen LogP contribution in [0.5, 0.6) is 5.75 Å². The van der Waals surface area contributed by atoms with Crippen molar-refractivity contribution in [2.75, 3.05) is 0 Å². The molecule has 2 aromatic carbocycles. The van der Waals surface area contributed by atoms with Crippen molar-refractivity contribution in [2.24, 2.45) is 0 Å². The van der Waals surface area contributed by atoms with Crippen LogP contribution in [0.15, 0.2) is 60.7 Å². The van der Waals surface area contributed by atoms with Crippen molar-refractivity contribution in [3.63, 3.8) is 0 Å². The summed E-state index contributed by atoms with van der Waals surface area (Å²) < 4.78 is 0. The van der Waals surface area contributed by atoms with Gasteiger partial charge in [0.25, 0.3) is 0 Å². The number of phenolic OH excluding ortho intramolecular Hbond substituents is 1. The maximum atomic E-state index is 9.51. The van der Waals surface area contributed by atoms with Gasteiger partial charge in [-0.2, -0.15) is 0 Å². The smallest absolute Gasteiger partial charge is 0.118 e. The summed E-state index contributed by atoms with van der Waals surface area (Å²) in [6, 6.07) is 19.6. The van der Waals surface area contributed by atoms with Gasteiger partial charge in [-0.1, -0.05) is 87.2 Å². The lowest BCUT2D eigenvalue weighted by atomic mass is 10.0. The molecule has 1 heteroatoms. The van der Waals surface area contributed by atoms with E-state index in [1.165, 1.54) is 32.1 Å². The van der Waals surface area contributed by atoms with Gasteiger partial charge in [0.05, 0.1) is 0 Å². The normalized spacial score (nSPS) is 9.65. The zero-order valence-corrected chi connectivity index (χ0v) is 12.5. The van der Waals surface area contributed by atoms with E-state index in [0.29, 0.717) is 5.75 Å². The van der Waals surface area contributed by atoms with E-state index in [-0.39, 0.29) is 0 Å². The van der Waals surface area contributed by atoms with Crippen molar-refractivity contribution in [3.05, 3.63) is 66.2 Å². The van der Waals surface area contributed by atoms with Gasteiger partial charge in [0, 0.05) is 0 Å². The average Bonchev–Trinajstić information content (AvgIpc) is 2.51. The van der Waals surface area contributed by atoms with E-state index in [4.69, 9.17) is 0 Å². The molecular weight excluding hydrogens is 244 g/mol. The first-order chi connectivity index (χ1) is 9.84. The van der Waals surface area contributed by atoms with Crippen molar-refractivity contribution in [2.45, 2.75) is 45.4 Å².